The molecule has 4 nitrogen and oxygen atoms in total. The minimum absolute atomic E-state index is 0.0785. The summed E-state index contributed by atoms with van der Waals surface area (Å²) in [6.07, 6.45) is -6.60. The van der Waals surface area contributed by atoms with Crippen molar-refractivity contribution < 1.29 is 39.9 Å². The van der Waals surface area contributed by atoms with Crippen molar-refractivity contribution in [3.63, 3.8) is 0 Å². The van der Waals surface area contributed by atoms with E-state index in [2.05, 4.69) is 25.9 Å². The number of hydrogen-bond acceptors (Lipinski definition) is 4. The van der Waals surface area contributed by atoms with Crippen molar-refractivity contribution >= 4 is 44.9 Å². The zero-order valence-corrected chi connectivity index (χ0v) is 22.9. The summed E-state index contributed by atoms with van der Waals surface area (Å²) in [5.74, 6) is -2.86. The van der Waals surface area contributed by atoms with Crippen LogP contribution in [0.2, 0.25) is 10.0 Å². The topological polar surface area (TPSA) is 66.6 Å². The van der Waals surface area contributed by atoms with Gasteiger partial charge in [-0.2, -0.15) is 31.6 Å². The number of benzene rings is 2. The lowest BCUT2D eigenvalue weighted by molar-refractivity contribution is -0.138. The summed E-state index contributed by atoms with van der Waals surface area (Å²) in [6.45, 7) is 0. The SMILES string of the molecule is Fc1cc(Br)cc(C(F)(F)F)c1.N#Cc1ccc(Cl)cn1.O=C(c1cc(F)cc(C(F)(F)F)c1)c1ccc(Cl)cn1. The van der Waals surface area contributed by atoms with Gasteiger partial charge in [-0.3, -0.25) is 9.78 Å². The Morgan fingerprint density at radius 2 is 1.27 bits per heavy atom. The highest BCUT2D eigenvalue weighted by molar-refractivity contribution is 9.10. The lowest BCUT2D eigenvalue weighted by Crippen LogP contribution is -2.10. The van der Waals surface area contributed by atoms with Crippen molar-refractivity contribution in [2.75, 3.05) is 0 Å². The third-order valence-electron chi connectivity index (χ3n) is 4.48. The van der Waals surface area contributed by atoms with Gasteiger partial charge in [-0.05, 0) is 60.7 Å². The Labute approximate surface area is 245 Å². The highest BCUT2D eigenvalue weighted by atomic mass is 79.9. The second-order valence-electron chi connectivity index (χ2n) is 7.55. The van der Waals surface area contributed by atoms with Crippen LogP contribution in [0.3, 0.4) is 0 Å². The Hall–Kier alpha value is -3.60. The summed E-state index contributed by atoms with van der Waals surface area (Å²) in [4.78, 5) is 19.3. The summed E-state index contributed by atoms with van der Waals surface area (Å²) in [5, 5.41) is 9.10. The van der Waals surface area contributed by atoms with Crippen LogP contribution in [0.25, 0.3) is 0 Å². The van der Waals surface area contributed by atoms with Crippen LogP contribution in [0, 0.1) is 23.0 Å². The van der Waals surface area contributed by atoms with Gasteiger partial charge < -0.3 is 0 Å². The highest BCUT2D eigenvalue weighted by Crippen LogP contribution is 2.32. The molecule has 2 heterocycles. The van der Waals surface area contributed by atoms with Crippen molar-refractivity contribution in [1.29, 1.82) is 5.26 Å². The Kier molecular flexibility index (Phi) is 11.8. The standard InChI is InChI=1S/C13H6ClF4NO.C7H3BrF4.C6H3ClN2/c14-9-1-2-11(19-6-9)12(20)7-3-8(13(16,17)18)5-10(15)4-7;8-5-1-4(7(10,11)12)2-6(9)3-5;7-5-1-2-6(3-8)9-4-5/h1-6H;1-3H;1-2,4H. The van der Waals surface area contributed by atoms with Gasteiger partial charge in [0, 0.05) is 22.4 Å². The third kappa shape index (κ3) is 11.1. The highest BCUT2D eigenvalue weighted by Gasteiger charge is 2.32. The molecule has 0 radical (unpaired) electrons. The van der Waals surface area contributed by atoms with Crippen molar-refractivity contribution in [3.05, 3.63) is 127 Å². The van der Waals surface area contributed by atoms with Gasteiger partial charge >= 0.3 is 12.4 Å². The van der Waals surface area contributed by atoms with Gasteiger partial charge in [0.15, 0.2) is 0 Å². The maximum atomic E-state index is 13.2. The van der Waals surface area contributed by atoms with Crippen LogP contribution >= 0.6 is 39.1 Å². The number of halogens is 11. The molecule has 0 saturated carbocycles. The number of carbonyl (C=O) groups is 1. The molecule has 0 N–H and O–H groups in total. The average molecular weight is 685 g/mol. The van der Waals surface area contributed by atoms with Gasteiger partial charge in [-0.15, -0.1) is 0 Å². The van der Waals surface area contributed by atoms with Crippen LogP contribution in [0.5, 0.6) is 0 Å². The van der Waals surface area contributed by atoms with E-state index in [1.54, 1.807) is 12.1 Å². The fraction of sp³-hybridized carbons (Fsp3) is 0.0769. The first-order chi connectivity index (χ1) is 19.0. The second-order valence-corrected chi connectivity index (χ2v) is 9.34. The van der Waals surface area contributed by atoms with Gasteiger partial charge in [0.2, 0.25) is 5.78 Å². The molecule has 4 rings (SSSR count). The Morgan fingerprint density at radius 3 is 1.71 bits per heavy atom. The monoisotopic (exact) mass is 683 g/mol. The Balaban J connectivity index is 0.000000237. The molecule has 2 aromatic carbocycles. The normalized spacial score (nSPS) is 10.9. The molecule has 0 aliphatic carbocycles. The number of alkyl halides is 6. The summed E-state index contributed by atoms with van der Waals surface area (Å²) in [5.41, 5.74) is -2.37. The predicted molar refractivity (Wildman–Crippen MR) is 137 cm³/mol. The van der Waals surface area contributed by atoms with Gasteiger partial charge in [-0.25, -0.2) is 13.8 Å². The quantitative estimate of drug-likeness (QED) is 0.156. The van der Waals surface area contributed by atoms with Crippen LogP contribution in [0.1, 0.15) is 32.9 Å². The fourth-order valence-corrected chi connectivity index (χ4v) is 3.39. The number of ketones is 1. The van der Waals surface area contributed by atoms with Crippen molar-refractivity contribution in [3.8, 4) is 6.07 Å². The zero-order valence-electron chi connectivity index (χ0n) is 19.8. The number of carbonyl (C=O) groups excluding carboxylic acids is 1. The number of hydrogen-bond donors (Lipinski definition) is 0. The number of aromatic nitrogens is 2. The lowest BCUT2D eigenvalue weighted by Gasteiger charge is -2.08. The molecule has 4 aromatic rings. The maximum absolute atomic E-state index is 13.2. The number of nitrogens with zero attached hydrogens (tertiary/aromatic N) is 3. The average Bonchev–Trinajstić information content (AvgIpc) is 2.88. The molecule has 214 valence electrons. The molecule has 0 bridgehead atoms. The first-order valence-electron chi connectivity index (χ1n) is 10.6. The molecule has 15 heteroatoms. The Bertz CT molecular complexity index is 1520. The van der Waals surface area contributed by atoms with E-state index in [-0.39, 0.29) is 15.2 Å². The smallest absolute Gasteiger partial charge is 0.287 e. The fourth-order valence-electron chi connectivity index (χ4n) is 2.70. The largest absolute Gasteiger partial charge is 0.416 e. The molecule has 0 aliphatic heterocycles. The molecule has 0 atom stereocenters. The molecule has 41 heavy (non-hydrogen) atoms. The van der Waals surface area contributed by atoms with Crippen LogP contribution in [0.4, 0.5) is 35.1 Å². The van der Waals surface area contributed by atoms with Gasteiger partial charge in [0.25, 0.3) is 0 Å². The second kappa shape index (κ2) is 14.3. The van der Waals surface area contributed by atoms with Crippen LogP contribution in [0.15, 0.2) is 77.5 Å². The molecule has 0 unspecified atom stereocenters. The minimum Gasteiger partial charge on any atom is -0.287 e. The lowest BCUT2D eigenvalue weighted by atomic mass is 10.0. The summed E-state index contributed by atoms with van der Waals surface area (Å²) >= 11 is 13.9. The van der Waals surface area contributed by atoms with Gasteiger partial charge in [-0.1, -0.05) is 39.1 Å². The molecular formula is C26H12BrCl2F8N3O. The summed E-state index contributed by atoms with van der Waals surface area (Å²) < 4.78 is 99.3. The van der Waals surface area contributed by atoms with E-state index >= 15 is 0 Å². The van der Waals surface area contributed by atoms with E-state index in [4.69, 9.17) is 28.5 Å². The molecule has 0 fully saturated rings. The third-order valence-corrected chi connectivity index (χ3v) is 5.38. The maximum Gasteiger partial charge on any atom is 0.416 e. The van der Waals surface area contributed by atoms with E-state index in [1.165, 1.54) is 24.5 Å². The summed E-state index contributed by atoms with van der Waals surface area (Å²) in [6, 6.07) is 11.6. The van der Waals surface area contributed by atoms with E-state index in [1.807, 2.05) is 6.07 Å². The van der Waals surface area contributed by atoms with Crippen LogP contribution < -0.4 is 0 Å². The molecule has 0 amide bonds. The number of pyridine rings is 2. The van der Waals surface area contributed by atoms with Gasteiger partial charge in [0.05, 0.1) is 21.2 Å². The molecular weight excluding hydrogens is 673 g/mol. The molecule has 0 aliphatic rings. The van der Waals surface area contributed by atoms with Crippen LogP contribution in [-0.2, 0) is 12.4 Å². The number of nitriles is 1. The first-order valence-corrected chi connectivity index (χ1v) is 12.1. The zero-order chi connectivity index (χ0) is 31.0. The number of rotatable bonds is 2. The van der Waals surface area contributed by atoms with E-state index in [0.29, 0.717) is 28.9 Å². The van der Waals surface area contributed by atoms with Crippen molar-refractivity contribution in [1.82, 2.24) is 9.97 Å². The minimum atomic E-state index is -4.73. The van der Waals surface area contributed by atoms with Crippen LogP contribution in [-0.4, -0.2) is 15.8 Å². The van der Waals surface area contributed by atoms with E-state index in [0.717, 1.165) is 18.2 Å². The molecule has 0 spiro atoms. The first kappa shape index (κ1) is 33.6. The Morgan fingerprint density at radius 1 is 0.756 bits per heavy atom. The van der Waals surface area contributed by atoms with Gasteiger partial charge in [0.1, 0.15) is 29.1 Å². The van der Waals surface area contributed by atoms with E-state index in [9.17, 15) is 39.9 Å². The molecule has 2 aromatic heterocycles. The van der Waals surface area contributed by atoms with Crippen molar-refractivity contribution in [2.24, 2.45) is 0 Å². The summed E-state index contributed by atoms with van der Waals surface area (Å²) in [7, 11) is 0. The molecule has 0 saturated heterocycles. The predicted octanol–water partition coefficient (Wildman–Crippen LogP) is 9.34. The van der Waals surface area contributed by atoms with Crippen molar-refractivity contribution in [2.45, 2.75) is 12.4 Å². The van der Waals surface area contributed by atoms with E-state index < -0.39 is 46.5 Å².